The predicted molar refractivity (Wildman–Crippen MR) is 142 cm³/mol. The Morgan fingerprint density at radius 3 is 1.98 bits per heavy atom. The van der Waals surface area contributed by atoms with Gasteiger partial charge in [-0.1, -0.05) is 0 Å². The number of hydrogen-bond donors (Lipinski definition) is 5. The van der Waals surface area contributed by atoms with E-state index >= 15 is 0 Å². The summed E-state index contributed by atoms with van der Waals surface area (Å²) in [6, 6.07) is 3.46. The Hall–Kier alpha value is -4.78. The van der Waals surface area contributed by atoms with E-state index in [2.05, 4.69) is 37.9 Å². The van der Waals surface area contributed by atoms with Gasteiger partial charge < -0.3 is 46.4 Å². The van der Waals surface area contributed by atoms with E-state index < -0.39 is 66.6 Å². The molecule has 0 saturated heterocycles. The molecule has 2 heterocycles. The van der Waals surface area contributed by atoms with E-state index in [0.29, 0.717) is 11.0 Å². The number of rotatable bonds is 13. The first-order valence-corrected chi connectivity index (χ1v) is 13.2. The van der Waals surface area contributed by atoms with Gasteiger partial charge >= 0.3 is 29.6 Å². The molecular weight excluding hydrogens is 572 g/mol. The molecule has 3 atom stereocenters. The lowest BCUT2D eigenvalue weighted by Crippen LogP contribution is -2.60. The number of carbonyl (C=O) groups excluding carboxylic acids is 4. The Morgan fingerprint density at radius 1 is 0.814 bits per heavy atom. The minimum atomic E-state index is -1.58. The highest BCUT2D eigenvalue weighted by molar-refractivity contribution is 5.81. The standard InChI is InChI=1S/C25H32N8O10/c1-11-3-13-14(4-12(11)2)33(23-21(30-13)24(38)32-25(39)31-23)9-15(41-18(35)6-27)22(43-20(37)8-29)16(42-19(36)7-28)10-40-17(34)5-26/h3-4,15-16,22H,5-10,26-29H2,1-2H3,(H,32,38,39)/p+4. The second kappa shape index (κ2) is 14.4. The molecule has 0 bridgehead atoms. The van der Waals surface area contributed by atoms with Crippen LogP contribution >= 0.6 is 0 Å². The van der Waals surface area contributed by atoms with E-state index in [1.807, 2.05) is 13.8 Å². The molecule has 13 N–H and O–H groups in total. The fourth-order valence-electron chi connectivity index (χ4n) is 4.12. The van der Waals surface area contributed by atoms with Crippen LogP contribution in [0.4, 0.5) is 0 Å². The normalized spacial score (nSPS) is 13.3. The van der Waals surface area contributed by atoms with Gasteiger partial charge in [0.1, 0.15) is 6.61 Å². The van der Waals surface area contributed by atoms with Gasteiger partial charge in [-0.2, -0.15) is 4.98 Å². The first-order valence-electron chi connectivity index (χ1n) is 13.2. The zero-order valence-electron chi connectivity index (χ0n) is 23.9. The highest BCUT2D eigenvalue weighted by Crippen LogP contribution is 2.26. The number of hydrogen-bond acceptors (Lipinski definition) is 12. The Morgan fingerprint density at radius 2 is 1.37 bits per heavy atom. The van der Waals surface area contributed by atoms with Crippen LogP contribution in [0.3, 0.4) is 0 Å². The number of aryl methyl sites for hydroxylation is 2. The number of nitrogens with one attached hydrogen (secondary N) is 1. The van der Waals surface area contributed by atoms with Crippen LogP contribution in [0.5, 0.6) is 0 Å². The third-order valence-corrected chi connectivity index (χ3v) is 6.38. The maximum atomic E-state index is 12.8. The van der Waals surface area contributed by atoms with Crippen molar-refractivity contribution < 1.29 is 61.1 Å². The van der Waals surface area contributed by atoms with Gasteiger partial charge in [0.15, 0.2) is 56.0 Å². The highest BCUT2D eigenvalue weighted by atomic mass is 16.6. The van der Waals surface area contributed by atoms with Crippen LogP contribution < -0.4 is 34.2 Å². The molecule has 0 fully saturated rings. The van der Waals surface area contributed by atoms with E-state index in [9.17, 15) is 28.8 Å². The van der Waals surface area contributed by atoms with Crippen molar-refractivity contribution in [3.05, 3.63) is 44.1 Å². The lowest BCUT2D eigenvalue weighted by atomic mass is 10.1. The van der Waals surface area contributed by atoms with E-state index in [4.69, 9.17) is 18.9 Å². The molecule has 0 spiro atoms. The maximum Gasteiger partial charge on any atom is 0.362 e. The van der Waals surface area contributed by atoms with Crippen LogP contribution in [-0.4, -0.2) is 94.5 Å². The van der Waals surface area contributed by atoms with E-state index in [1.54, 1.807) is 12.1 Å². The van der Waals surface area contributed by atoms with E-state index in [0.717, 1.165) is 11.1 Å². The van der Waals surface area contributed by atoms with Crippen LogP contribution in [0.1, 0.15) is 11.1 Å². The number of aromatic amines is 1. The Labute approximate surface area is 242 Å². The molecule has 3 unspecified atom stereocenters. The van der Waals surface area contributed by atoms with Crippen LogP contribution in [0, 0.1) is 13.8 Å². The van der Waals surface area contributed by atoms with Crippen molar-refractivity contribution in [2.24, 2.45) is 0 Å². The summed E-state index contributed by atoms with van der Waals surface area (Å²) >= 11 is 0. The molecule has 0 aromatic heterocycles. The summed E-state index contributed by atoms with van der Waals surface area (Å²) < 4.78 is 23.2. The Bertz CT molecular complexity index is 1600. The molecule has 18 heteroatoms. The van der Waals surface area contributed by atoms with Gasteiger partial charge in [-0.15, -0.1) is 0 Å². The number of fused-ring (bicyclic) bond motifs is 2. The van der Waals surface area contributed by atoms with Crippen molar-refractivity contribution in [3.8, 4) is 11.5 Å². The van der Waals surface area contributed by atoms with Gasteiger partial charge in [0.25, 0.3) is 5.56 Å². The molecule has 0 saturated carbocycles. The third-order valence-electron chi connectivity index (χ3n) is 6.38. The number of H-pyrrole nitrogens is 1. The predicted octanol–water partition coefficient (Wildman–Crippen LogP) is -6.55. The molecule has 0 radical (unpaired) electrons. The smallest absolute Gasteiger partial charge is 0.362 e. The van der Waals surface area contributed by atoms with Gasteiger partial charge in [0.2, 0.25) is 0 Å². The van der Waals surface area contributed by atoms with Crippen molar-refractivity contribution in [1.29, 1.82) is 0 Å². The van der Waals surface area contributed by atoms with Gasteiger partial charge in [-0.25, -0.2) is 29.0 Å². The van der Waals surface area contributed by atoms with Gasteiger partial charge in [0.05, 0.1) is 17.6 Å². The molecule has 1 aromatic carbocycles. The molecule has 1 aromatic rings. The molecule has 2 aliphatic rings. The van der Waals surface area contributed by atoms with Crippen molar-refractivity contribution in [3.63, 3.8) is 0 Å². The van der Waals surface area contributed by atoms with Gasteiger partial charge in [-0.3, -0.25) is 9.78 Å². The Balaban J connectivity index is 2.29. The third kappa shape index (κ3) is 7.95. The second-order valence-electron chi connectivity index (χ2n) is 9.38. The second-order valence-corrected chi connectivity index (χ2v) is 9.38. The minimum absolute atomic E-state index is 0.155. The van der Waals surface area contributed by atoms with Crippen LogP contribution in [-0.2, 0) is 44.7 Å². The number of ether oxygens (including phenoxy) is 4. The zero-order chi connectivity index (χ0) is 31.8. The van der Waals surface area contributed by atoms with Crippen LogP contribution in [0.15, 0.2) is 21.7 Å². The first-order chi connectivity index (χ1) is 20.4. The summed E-state index contributed by atoms with van der Waals surface area (Å²) in [5.74, 6) is -3.43. The molecule has 43 heavy (non-hydrogen) atoms. The molecule has 18 nitrogen and oxygen atoms in total. The number of quaternary nitrogens is 4. The molecule has 0 aliphatic carbocycles. The molecule has 0 amide bonds. The summed E-state index contributed by atoms with van der Waals surface area (Å²) in [6.07, 6.45) is -4.54. The van der Waals surface area contributed by atoms with E-state index in [-0.39, 0.29) is 37.7 Å². The number of aromatic nitrogens is 4. The summed E-state index contributed by atoms with van der Waals surface area (Å²) in [5, 5.41) is 0. The summed E-state index contributed by atoms with van der Waals surface area (Å²) in [5.41, 5.74) is 14.4. The number of benzene rings is 1. The number of carbonyl (C=O) groups is 4. The van der Waals surface area contributed by atoms with Crippen LogP contribution in [0.25, 0.3) is 22.6 Å². The average molecular weight is 609 g/mol. The SMILES string of the molecule is Cc1cc2nc3c(=O)[nH]c(=O)nc-3n(CC(OC(=O)C[NH3+])C(OC(=O)C[NH3+])C(COC(=O)C[NH3+])OC(=O)C[NH3+])c2cc1C. The lowest BCUT2D eigenvalue weighted by molar-refractivity contribution is -0.365. The number of nitrogens with zero attached hydrogens (tertiary/aromatic N) is 3. The van der Waals surface area contributed by atoms with Crippen molar-refractivity contribution >= 4 is 34.9 Å². The Kier molecular flexibility index (Phi) is 11.0. The molecule has 3 rings (SSSR count). The summed E-state index contributed by atoms with van der Waals surface area (Å²) in [4.78, 5) is 85.0. The largest absolute Gasteiger partial charge is 0.457 e. The van der Waals surface area contributed by atoms with E-state index in [1.165, 1.54) is 4.57 Å². The number of esters is 4. The van der Waals surface area contributed by atoms with Crippen molar-refractivity contribution in [2.75, 3.05) is 32.8 Å². The summed E-state index contributed by atoms with van der Waals surface area (Å²) in [7, 11) is 0. The maximum absolute atomic E-state index is 12.8. The topological polar surface area (TPSA) is 296 Å². The molecule has 2 aliphatic heterocycles. The zero-order valence-corrected chi connectivity index (χ0v) is 23.9. The molecular formula is C25H36N8O10+4. The fourth-order valence-corrected chi connectivity index (χ4v) is 4.12. The van der Waals surface area contributed by atoms with Crippen LogP contribution in [0.2, 0.25) is 0 Å². The van der Waals surface area contributed by atoms with Gasteiger partial charge in [-0.05, 0) is 37.1 Å². The minimum Gasteiger partial charge on any atom is -0.457 e. The molecule has 232 valence electrons. The summed E-state index contributed by atoms with van der Waals surface area (Å²) in [6.45, 7) is 1.41. The van der Waals surface area contributed by atoms with Crippen molar-refractivity contribution in [2.45, 2.75) is 38.7 Å². The van der Waals surface area contributed by atoms with Crippen molar-refractivity contribution in [1.82, 2.24) is 19.5 Å². The van der Waals surface area contributed by atoms with Gasteiger partial charge in [0, 0.05) is 0 Å². The monoisotopic (exact) mass is 608 g/mol. The lowest BCUT2D eigenvalue weighted by Gasteiger charge is -2.32. The highest BCUT2D eigenvalue weighted by Gasteiger charge is 2.40. The average Bonchev–Trinajstić information content (AvgIpc) is 2.98. The quantitative estimate of drug-likeness (QED) is 0.0687. The fraction of sp³-hybridized carbons (Fsp3) is 0.440. The first kappa shape index (κ1) is 32.7.